The topological polar surface area (TPSA) is 65.6 Å². The highest BCUT2D eigenvalue weighted by Gasteiger charge is 2.27. The number of aryl methyl sites for hydroxylation is 1. The lowest BCUT2D eigenvalue weighted by Crippen LogP contribution is -2.50. The standard InChI is InChI=1S/C21H27N3O3/c1-14(2)16-13-17(15(3)12-19(16)27-4)20(25)23-8-10-24(11-9-23)21(26)18-6-5-7-22-18/h5-7,12-14,22H,8-11H2,1-4H3. The minimum Gasteiger partial charge on any atom is -0.496 e. The van der Waals surface area contributed by atoms with Crippen molar-refractivity contribution in [3.63, 3.8) is 0 Å². The van der Waals surface area contributed by atoms with Crippen LogP contribution in [0.4, 0.5) is 0 Å². The Balaban J connectivity index is 1.72. The monoisotopic (exact) mass is 369 g/mol. The zero-order valence-corrected chi connectivity index (χ0v) is 16.4. The number of carbonyl (C=O) groups excluding carboxylic acids is 2. The second-order valence-corrected chi connectivity index (χ2v) is 7.23. The van der Waals surface area contributed by atoms with Crippen molar-refractivity contribution in [2.24, 2.45) is 0 Å². The minimum atomic E-state index is -0.0187. The fourth-order valence-corrected chi connectivity index (χ4v) is 3.47. The molecule has 2 aromatic rings. The van der Waals surface area contributed by atoms with Crippen LogP contribution in [0.25, 0.3) is 0 Å². The number of benzene rings is 1. The van der Waals surface area contributed by atoms with Gasteiger partial charge in [-0.3, -0.25) is 9.59 Å². The summed E-state index contributed by atoms with van der Waals surface area (Å²) in [5.74, 6) is 1.08. The fourth-order valence-electron chi connectivity index (χ4n) is 3.47. The third-order valence-electron chi connectivity index (χ3n) is 5.11. The van der Waals surface area contributed by atoms with E-state index in [2.05, 4.69) is 18.8 Å². The summed E-state index contributed by atoms with van der Waals surface area (Å²) in [6.07, 6.45) is 1.74. The zero-order valence-electron chi connectivity index (χ0n) is 16.4. The molecule has 6 heteroatoms. The summed E-state index contributed by atoms with van der Waals surface area (Å²) in [7, 11) is 1.66. The first-order chi connectivity index (χ1) is 12.9. The van der Waals surface area contributed by atoms with Gasteiger partial charge in [-0.05, 0) is 48.2 Å². The zero-order chi connectivity index (χ0) is 19.6. The molecular weight excluding hydrogens is 342 g/mol. The molecule has 1 fully saturated rings. The van der Waals surface area contributed by atoms with E-state index >= 15 is 0 Å². The van der Waals surface area contributed by atoms with Crippen LogP contribution in [0.15, 0.2) is 30.5 Å². The lowest BCUT2D eigenvalue weighted by Gasteiger charge is -2.35. The molecule has 6 nitrogen and oxygen atoms in total. The van der Waals surface area contributed by atoms with Crippen LogP contribution in [0.2, 0.25) is 0 Å². The Hall–Kier alpha value is -2.76. The summed E-state index contributed by atoms with van der Waals surface area (Å²) in [4.78, 5) is 32.1. The Morgan fingerprint density at radius 2 is 1.70 bits per heavy atom. The first-order valence-corrected chi connectivity index (χ1v) is 9.32. The first-order valence-electron chi connectivity index (χ1n) is 9.32. The average Bonchev–Trinajstić information content (AvgIpc) is 3.21. The van der Waals surface area contributed by atoms with Crippen LogP contribution in [0, 0.1) is 6.92 Å². The number of aromatic amines is 1. The molecule has 2 heterocycles. The molecule has 144 valence electrons. The summed E-state index contributed by atoms with van der Waals surface area (Å²) >= 11 is 0. The molecule has 2 amide bonds. The average molecular weight is 369 g/mol. The lowest BCUT2D eigenvalue weighted by molar-refractivity contribution is 0.0532. The minimum absolute atomic E-state index is 0.0176. The molecule has 0 spiro atoms. The number of rotatable bonds is 4. The predicted molar refractivity (Wildman–Crippen MR) is 104 cm³/mol. The van der Waals surface area contributed by atoms with Gasteiger partial charge in [0.15, 0.2) is 0 Å². The van der Waals surface area contributed by atoms with Crippen LogP contribution in [-0.2, 0) is 0 Å². The summed E-state index contributed by atoms with van der Waals surface area (Å²) in [5, 5.41) is 0. The molecule has 1 aliphatic heterocycles. The van der Waals surface area contributed by atoms with Crippen molar-refractivity contribution < 1.29 is 14.3 Å². The number of hydrogen-bond donors (Lipinski definition) is 1. The molecule has 0 atom stereocenters. The molecule has 1 aromatic carbocycles. The summed E-state index contributed by atoms with van der Waals surface area (Å²) in [5.41, 5.74) is 3.24. The van der Waals surface area contributed by atoms with E-state index < -0.39 is 0 Å². The van der Waals surface area contributed by atoms with Gasteiger partial charge in [-0.15, -0.1) is 0 Å². The highest BCUT2D eigenvalue weighted by molar-refractivity contribution is 5.97. The smallest absolute Gasteiger partial charge is 0.270 e. The molecule has 27 heavy (non-hydrogen) atoms. The van der Waals surface area contributed by atoms with Gasteiger partial charge in [-0.1, -0.05) is 13.8 Å². The quantitative estimate of drug-likeness (QED) is 0.901. The van der Waals surface area contributed by atoms with Gasteiger partial charge in [0, 0.05) is 37.9 Å². The molecule has 0 aliphatic carbocycles. The van der Waals surface area contributed by atoms with Crippen LogP contribution in [0.5, 0.6) is 5.75 Å². The lowest BCUT2D eigenvalue weighted by atomic mass is 9.95. The number of amides is 2. The van der Waals surface area contributed by atoms with Crippen LogP contribution < -0.4 is 4.74 Å². The molecular formula is C21H27N3O3. The van der Waals surface area contributed by atoms with Gasteiger partial charge in [0.2, 0.25) is 0 Å². The van der Waals surface area contributed by atoms with Crippen molar-refractivity contribution in [2.45, 2.75) is 26.7 Å². The highest BCUT2D eigenvalue weighted by Crippen LogP contribution is 2.30. The molecule has 0 unspecified atom stereocenters. The Labute approximate surface area is 160 Å². The number of carbonyl (C=O) groups is 2. The third-order valence-corrected chi connectivity index (χ3v) is 5.11. The van der Waals surface area contributed by atoms with Crippen molar-refractivity contribution in [3.05, 3.63) is 52.8 Å². The van der Waals surface area contributed by atoms with Crippen LogP contribution in [0.1, 0.15) is 51.7 Å². The third kappa shape index (κ3) is 3.84. The summed E-state index contributed by atoms with van der Waals surface area (Å²) in [6.45, 7) is 8.26. The fraction of sp³-hybridized carbons (Fsp3) is 0.429. The number of nitrogens with zero attached hydrogens (tertiary/aromatic N) is 2. The van der Waals surface area contributed by atoms with E-state index in [0.29, 0.717) is 37.4 Å². The normalized spacial score (nSPS) is 14.6. The second-order valence-electron chi connectivity index (χ2n) is 7.23. The van der Waals surface area contributed by atoms with Crippen LogP contribution in [-0.4, -0.2) is 59.9 Å². The molecule has 0 bridgehead atoms. The van der Waals surface area contributed by atoms with Crippen molar-refractivity contribution in [2.75, 3.05) is 33.3 Å². The van der Waals surface area contributed by atoms with Gasteiger partial charge in [0.25, 0.3) is 11.8 Å². The van der Waals surface area contributed by atoms with Gasteiger partial charge >= 0.3 is 0 Å². The number of H-pyrrole nitrogens is 1. The highest BCUT2D eigenvalue weighted by atomic mass is 16.5. The maximum atomic E-state index is 13.1. The van der Waals surface area contributed by atoms with Gasteiger partial charge in [0.1, 0.15) is 11.4 Å². The molecule has 0 radical (unpaired) electrons. The van der Waals surface area contributed by atoms with Crippen LogP contribution >= 0.6 is 0 Å². The molecule has 1 N–H and O–H groups in total. The van der Waals surface area contributed by atoms with E-state index in [4.69, 9.17) is 4.74 Å². The van der Waals surface area contributed by atoms with Crippen molar-refractivity contribution in [1.82, 2.24) is 14.8 Å². The SMILES string of the molecule is COc1cc(C)c(C(=O)N2CCN(C(=O)c3ccc[nH]3)CC2)cc1C(C)C. The van der Waals surface area contributed by atoms with Crippen LogP contribution in [0.3, 0.4) is 0 Å². The van der Waals surface area contributed by atoms with Gasteiger partial charge in [0.05, 0.1) is 7.11 Å². The molecule has 1 aliphatic rings. The van der Waals surface area contributed by atoms with Crippen molar-refractivity contribution >= 4 is 11.8 Å². The van der Waals surface area contributed by atoms with Gasteiger partial charge in [-0.2, -0.15) is 0 Å². The van der Waals surface area contributed by atoms with E-state index in [0.717, 1.165) is 16.9 Å². The number of nitrogens with one attached hydrogen (secondary N) is 1. The van der Waals surface area contributed by atoms with E-state index in [1.807, 2.05) is 30.0 Å². The Morgan fingerprint density at radius 3 is 2.22 bits per heavy atom. The second kappa shape index (κ2) is 7.86. The van der Waals surface area contributed by atoms with E-state index in [-0.39, 0.29) is 17.7 Å². The summed E-state index contributed by atoms with van der Waals surface area (Å²) < 4.78 is 5.47. The maximum absolute atomic E-state index is 13.1. The predicted octanol–water partition coefficient (Wildman–Crippen LogP) is 3.05. The van der Waals surface area contributed by atoms with Crippen molar-refractivity contribution in [1.29, 1.82) is 0 Å². The molecule has 0 saturated carbocycles. The first kappa shape index (κ1) is 19.0. The Kier molecular flexibility index (Phi) is 5.54. The van der Waals surface area contributed by atoms with E-state index in [1.54, 1.807) is 24.3 Å². The van der Waals surface area contributed by atoms with E-state index in [9.17, 15) is 9.59 Å². The molecule has 1 aromatic heterocycles. The van der Waals surface area contributed by atoms with E-state index in [1.165, 1.54) is 0 Å². The largest absolute Gasteiger partial charge is 0.496 e. The van der Waals surface area contributed by atoms with Crippen molar-refractivity contribution in [3.8, 4) is 5.75 Å². The molecule has 3 rings (SSSR count). The maximum Gasteiger partial charge on any atom is 0.270 e. The van der Waals surface area contributed by atoms with Gasteiger partial charge in [-0.25, -0.2) is 0 Å². The number of hydrogen-bond acceptors (Lipinski definition) is 3. The molecule has 1 saturated heterocycles. The Morgan fingerprint density at radius 1 is 1.07 bits per heavy atom. The van der Waals surface area contributed by atoms with Gasteiger partial charge < -0.3 is 19.5 Å². The number of piperazine rings is 1. The Bertz CT molecular complexity index is 819. The number of methoxy groups -OCH3 is 1. The number of ether oxygens (including phenoxy) is 1. The number of aromatic nitrogens is 1. The summed E-state index contributed by atoms with van der Waals surface area (Å²) in [6, 6.07) is 7.48.